The van der Waals surface area contributed by atoms with Gasteiger partial charge in [-0.3, -0.25) is 0 Å². The van der Waals surface area contributed by atoms with Gasteiger partial charge >= 0.3 is 12.1 Å². The Hall–Kier alpha value is -1.51. The molecule has 3 rings (SSSR count). The second kappa shape index (κ2) is 8.55. The molecule has 2 aliphatic rings. The number of halogens is 2. The number of fused-ring (bicyclic) bond motifs is 1. The molecule has 166 valence electrons. The molecule has 1 aromatic carbocycles. The summed E-state index contributed by atoms with van der Waals surface area (Å²) in [5.74, 6) is -0.522. The maximum atomic E-state index is 12.7. The van der Waals surface area contributed by atoms with Crippen LogP contribution in [0.25, 0.3) is 0 Å². The smallest absolute Gasteiger partial charge is 0.408 e. The van der Waals surface area contributed by atoms with Crippen LogP contribution < -0.4 is 10.2 Å². The van der Waals surface area contributed by atoms with Crippen LogP contribution in [0.2, 0.25) is 5.02 Å². The standard InChI is InChI=1S/C21H28BrClN2O5/c1-20(2,3)30-19(28)24-21(18(27)29-4)8-9-25(11-21)17-13-7-5-6-12(13)16(23)15(22)14(17)10-26/h26H,5-11H2,1-4H3,(H,24,28). The fraction of sp³-hybridized carbons (Fsp3) is 0.619. The van der Waals surface area contributed by atoms with E-state index in [0.29, 0.717) is 28.0 Å². The van der Waals surface area contributed by atoms with Gasteiger partial charge in [0.25, 0.3) is 0 Å². The number of anilines is 1. The molecule has 1 aliphatic heterocycles. The third-order valence-electron chi connectivity index (χ3n) is 5.57. The van der Waals surface area contributed by atoms with Gasteiger partial charge in [-0.1, -0.05) is 11.6 Å². The summed E-state index contributed by atoms with van der Waals surface area (Å²) < 4.78 is 11.1. The van der Waals surface area contributed by atoms with Crippen LogP contribution in [-0.2, 0) is 33.7 Å². The van der Waals surface area contributed by atoms with Gasteiger partial charge in [0.1, 0.15) is 5.60 Å². The van der Waals surface area contributed by atoms with Gasteiger partial charge in [-0.25, -0.2) is 9.59 Å². The zero-order chi connectivity index (χ0) is 22.3. The summed E-state index contributed by atoms with van der Waals surface area (Å²) in [4.78, 5) is 27.2. The van der Waals surface area contributed by atoms with Gasteiger partial charge in [0.2, 0.25) is 0 Å². The number of alkyl carbamates (subject to hydrolysis) is 1. The lowest BCUT2D eigenvalue weighted by Gasteiger charge is -2.31. The number of nitrogens with one attached hydrogen (secondary N) is 1. The van der Waals surface area contributed by atoms with Crippen LogP contribution in [0.15, 0.2) is 4.47 Å². The van der Waals surface area contributed by atoms with Crippen molar-refractivity contribution in [2.75, 3.05) is 25.1 Å². The minimum Gasteiger partial charge on any atom is -0.467 e. The fourth-order valence-electron chi connectivity index (χ4n) is 4.34. The van der Waals surface area contributed by atoms with E-state index < -0.39 is 23.2 Å². The van der Waals surface area contributed by atoms with Crippen LogP contribution in [0.1, 0.15) is 50.3 Å². The van der Waals surface area contributed by atoms with Crippen LogP contribution in [0.4, 0.5) is 10.5 Å². The summed E-state index contributed by atoms with van der Waals surface area (Å²) in [5, 5.41) is 13.5. The molecule has 1 saturated heterocycles. The number of methoxy groups -OCH3 is 1. The molecule has 9 heteroatoms. The highest BCUT2D eigenvalue weighted by Crippen LogP contribution is 2.46. The number of hydrogen-bond acceptors (Lipinski definition) is 6. The lowest BCUT2D eigenvalue weighted by Crippen LogP contribution is -2.57. The summed E-state index contributed by atoms with van der Waals surface area (Å²) in [7, 11) is 1.30. The molecule has 30 heavy (non-hydrogen) atoms. The van der Waals surface area contributed by atoms with Crippen LogP contribution in [0.5, 0.6) is 0 Å². The van der Waals surface area contributed by atoms with Crippen molar-refractivity contribution in [3.8, 4) is 0 Å². The molecule has 0 radical (unpaired) electrons. The first kappa shape index (κ1) is 23.2. The number of rotatable bonds is 4. The van der Waals surface area contributed by atoms with Gasteiger partial charge in [0.05, 0.1) is 25.3 Å². The number of amides is 1. The molecule has 1 amide bonds. The number of ether oxygens (including phenoxy) is 2. The topological polar surface area (TPSA) is 88.1 Å². The van der Waals surface area contributed by atoms with Gasteiger partial charge in [-0.2, -0.15) is 0 Å². The van der Waals surface area contributed by atoms with Gasteiger partial charge in [0, 0.05) is 28.7 Å². The molecular weight excluding hydrogens is 476 g/mol. The summed E-state index contributed by atoms with van der Waals surface area (Å²) in [5.41, 5.74) is 1.83. The van der Waals surface area contributed by atoms with E-state index in [-0.39, 0.29) is 13.2 Å². The Morgan fingerprint density at radius 3 is 2.57 bits per heavy atom. The first-order chi connectivity index (χ1) is 14.0. The van der Waals surface area contributed by atoms with Crippen molar-refractivity contribution < 1.29 is 24.2 Å². The van der Waals surface area contributed by atoms with Crippen molar-refractivity contribution in [1.82, 2.24) is 5.32 Å². The minimum atomic E-state index is -1.23. The summed E-state index contributed by atoms with van der Waals surface area (Å²) in [6.07, 6.45) is 2.40. The van der Waals surface area contributed by atoms with Crippen molar-refractivity contribution in [2.45, 2.75) is 64.2 Å². The van der Waals surface area contributed by atoms with Crippen molar-refractivity contribution in [3.63, 3.8) is 0 Å². The number of esters is 1. The average molecular weight is 504 g/mol. The number of hydrogen-bond donors (Lipinski definition) is 2. The zero-order valence-electron chi connectivity index (χ0n) is 17.7. The van der Waals surface area contributed by atoms with Crippen LogP contribution >= 0.6 is 27.5 Å². The molecule has 0 bridgehead atoms. The number of aliphatic hydroxyl groups is 1. The Bertz CT molecular complexity index is 866. The number of nitrogens with zero attached hydrogens (tertiary/aromatic N) is 1. The molecule has 1 atom stereocenters. The quantitative estimate of drug-likeness (QED) is 0.609. The molecule has 1 aliphatic carbocycles. The van der Waals surface area contributed by atoms with E-state index in [1.165, 1.54) is 7.11 Å². The molecule has 0 aromatic heterocycles. The van der Waals surface area contributed by atoms with Crippen molar-refractivity contribution in [3.05, 3.63) is 26.2 Å². The van der Waals surface area contributed by atoms with E-state index in [0.717, 1.165) is 36.1 Å². The predicted octanol–water partition coefficient (Wildman–Crippen LogP) is 3.73. The number of carbonyl (C=O) groups excluding carboxylic acids is 2. The molecule has 0 spiro atoms. The molecule has 1 heterocycles. The van der Waals surface area contributed by atoms with Gasteiger partial charge in [-0.15, -0.1) is 0 Å². The van der Waals surface area contributed by atoms with E-state index in [9.17, 15) is 14.7 Å². The maximum Gasteiger partial charge on any atom is 0.408 e. The third-order valence-corrected chi connectivity index (χ3v) is 7.09. The second-order valence-corrected chi connectivity index (χ2v) is 9.97. The van der Waals surface area contributed by atoms with Crippen molar-refractivity contribution >= 4 is 45.3 Å². The second-order valence-electron chi connectivity index (χ2n) is 8.80. The van der Waals surface area contributed by atoms with E-state index in [2.05, 4.69) is 21.2 Å². The van der Waals surface area contributed by atoms with Crippen LogP contribution in [0.3, 0.4) is 0 Å². The molecule has 1 unspecified atom stereocenters. The largest absolute Gasteiger partial charge is 0.467 e. The molecule has 0 saturated carbocycles. The molecule has 2 N–H and O–H groups in total. The monoisotopic (exact) mass is 502 g/mol. The molecular formula is C21H28BrClN2O5. The fourth-order valence-corrected chi connectivity index (χ4v) is 5.21. The number of benzene rings is 1. The first-order valence-corrected chi connectivity index (χ1v) is 11.2. The highest BCUT2D eigenvalue weighted by atomic mass is 79.9. The molecule has 1 aromatic rings. The highest BCUT2D eigenvalue weighted by Gasteiger charge is 2.49. The van der Waals surface area contributed by atoms with E-state index in [4.69, 9.17) is 21.1 Å². The maximum absolute atomic E-state index is 12.7. The van der Waals surface area contributed by atoms with Gasteiger partial charge in [-0.05, 0) is 67.1 Å². The zero-order valence-corrected chi connectivity index (χ0v) is 20.1. The van der Waals surface area contributed by atoms with E-state index >= 15 is 0 Å². The Morgan fingerprint density at radius 2 is 1.97 bits per heavy atom. The Morgan fingerprint density at radius 1 is 1.30 bits per heavy atom. The van der Waals surface area contributed by atoms with Crippen LogP contribution in [0, 0.1) is 0 Å². The minimum absolute atomic E-state index is 0.190. The SMILES string of the molecule is COC(=O)C1(NC(=O)OC(C)(C)C)CCN(c2c(CO)c(Br)c(Cl)c3c2CCC3)C1. The predicted molar refractivity (Wildman–Crippen MR) is 118 cm³/mol. The molecule has 7 nitrogen and oxygen atoms in total. The van der Waals surface area contributed by atoms with Crippen LogP contribution in [-0.4, -0.2) is 48.5 Å². The Labute approximate surface area is 190 Å². The summed E-state index contributed by atoms with van der Waals surface area (Å²) in [6.45, 7) is 5.83. The Kier molecular flexibility index (Phi) is 6.60. The van der Waals surface area contributed by atoms with E-state index in [1.54, 1.807) is 20.8 Å². The van der Waals surface area contributed by atoms with Gasteiger partial charge < -0.3 is 24.8 Å². The van der Waals surface area contributed by atoms with Crippen molar-refractivity contribution in [2.24, 2.45) is 0 Å². The number of carbonyl (C=O) groups is 2. The average Bonchev–Trinajstić information content (AvgIpc) is 3.30. The molecule has 1 fully saturated rings. The summed E-state index contributed by atoms with van der Waals surface area (Å²) >= 11 is 10.1. The number of aliphatic hydroxyl groups excluding tert-OH is 1. The first-order valence-electron chi connectivity index (χ1n) is 10.00. The lowest BCUT2D eigenvalue weighted by atomic mass is 9.98. The van der Waals surface area contributed by atoms with Gasteiger partial charge in [0.15, 0.2) is 5.54 Å². The highest BCUT2D eigenvalue weighted by molar-refractivity contribution is 9.10. The third kappa shape index (κ3) is 4.27. The normalized spacial score (nSPS) is 20.8. The van der Waals surface area contributed by atoms with Crippen molar-refractivity contribution in [1.29, 1.82) is 0 Å². The van der Waals surface area contributed by atoms with E-state index in [1.807, 2.05) is 4.90 Å². The lowest BCUT2D eigenvalue weighted by molar-refractivity contribution is -0.147. The Balaban J connectivity index is 1.97. The summed E-state index contributed by atoms with van der Waals surface area (Å²) in [6, 6.07) is 0.